The van der Waals surface area contributed by atoms with Crippen LogP contribution >= 0.6 is 0 Å². The molecule has 0 aliphatic carbocycles. The SMILES string of the molecule is Oc1ccc2nc(-c3ccc(-c4nnn[nH]4)cc3)ccc2c1. The highest BCUT2D eigenvalue weighted by Gasteiger charge is 2.05. The smallest absolute Gasteiger partial charge is 0.179 e. The number of nitrogens with zero attached hydrogens (tertiary/aromatic N) is 4. The van der Waals surface area contributed by atoms with E-state index in [1.807, 2.05) is 42.5 Å². The van der Waals surface area contributed by atoms with Gasteiger partial charge in [0.2, 0.25) is 0 Å². The maximum absolute atomic E-state index is 9.49. The summed E-state index contributed by atoms with van der Waals surface area (Å²) >= 11 is 0. The number of hydrogen-bond acceptors (Lipinski definition) is 5. The minimum absolute atomic E-state index is 0.243. The topological polar surface area (TPSA) is 87.6 Å². The van der Waals surface area contributed by atoms with E-state index in [-0.39, 0.29) is 5.75 Å². The first-order valence-corrected chi connectivity index (χ1v) is 6.74. The summed E-state index contributed by atoms with van der Waals surface area (Å²) in [5, 5.41) is 24.1. The van der Waals surface area contributed by atoms with E-state index in [1.165, 1.54) is 0 Å². The standard InChI is InChI=1S/C16H11N5O/c22-13-6-8-15-12(9-13)5-7-14(17-15)10-1-3-11(4-2-10)16-18-20-21-19-16/h1-9,22H,(H,18,19,20,21). The lowest BCUT2D eigenvalue weighted by atomic mass is 10.1. The molecule has 0 fully saturated rings. The van der Waals surface area contributed by atoms with Crippen molar-refractivity contribution in [3.05, 3.63) is 54.6 Å². The van der Waals surface area contributed by atoms with Gasteiger partial charge in [-0.2, -0.15) is 0 Å². The maximum Gasteiger partial charge on any atom is 0.179 e. The van der Waals surface area contributed by atoms with Gasteiger partial charge in [-0.05, 0) is 34.7 Å². The predicted octanol–water partition coefficient (Wildman–Crippen LogP) is 2.79. The predicted molar refractivity (Wildman–Crippen MR) is 82.0 cm³/mol. The first kappa shape index (κ1) is 12.5. The number of phenolic OH excluding ortho intramolecular Hbond substituents is 1. The molecule has 0 aliphatic rings. The summed E-state index contributed by atoms with van der Waals surface area (Å²) in [5.41, 5.74) is 3.64. The number of rotatable bonds is 2. The number of phenols is 1. The minimum atomic E-state index is 0.243. The van der Waals surface area contributed by atoms with Gasteiger partial charge >= 0.3 is 0 Å². The van der Waals surface area contributed by atoms with Crippen molar-refractivity contribution < 1.29 is 5.11 Å². The molecule has 0 amide bonds. The van der Waals surface area contributed by atoms with Crippen LogP contribution in [0.5, 0.6) is 5.75 Å². The van der Waals surface area contributed by atoms with Gasteiger partial charge in [0.25, 0.3) is 0 Å². The molecule has 6 nitrogen and oxygen atoms in total. The molecular weight excluding hydrogens is 278 g/mol. The third-order valence-electron chi connectivity index (χ3n) is 3.47. The van der Waals surface area contributed by atoms with Gasteiger partial charge in [0, 0.05) is 16.5 Å². The van der Waals surface area contributed by atoms with E-state index in [4.69, 9.17) is 0 Å². The Labute approximate surface area is 125 Å². The summed E-state index contributed by atoms with van der Waals surface area (Å²) in [5.74, 6) is 0.876. The number of fused-ring (bicyclic) bond motifs is 1. The van der Waals surface area contributed by atoms with Crippen LogP contribution in [0, 0.1) is 0 Å². The summed E-state index contributed by atoms with van der Waals surface area (Å²) in [6.45, 7) is 0. The molecule has 0 atom stereocenters. The number of aromatic hydroxyl groups is 1. The second-order valence-electron chi connectivity index (χ2n) is 4.90. The quantitative estimate of drug-likeness (QED) is 0.592. The molecule has 4 rings (SSSR count). The van der Waals surface area contributed by atoms with Gasteiger partial charge in [0.1, 0.15) is 5.75 Å². The molecule has 22 heavy (non-hydrogen) atoms. The van der Waals surface area contributed by atoms with Crippen LogP contribution in [0.3, 0.4) is 0 Å². The molecule has 0 unspecified atom stereocenters. The summed E-state index contributed by atoms with van der Waals surface area (Å²) in [6, 6.07) is 16.9. The Morgan fingerprint density at radius 2 is 1.68 bits per heavy atom. The molecule has 0 saturated carbocycles. The molecule has 6 heteroatoms. The molecule has 0 radical (unpaired) electrons. The van der Waals surface area contributed by atoms with Crippen LogP contribution in [-0.2, 0) is 0 Å². The van der Waals surface area contributed by atoms with Crippen LogP contribution < -0.4 is 0 Å². The van der Waals surface area contributed by atoms with Gasteiger partial charge in [-0.25, -0.2) is 10.1 Å². The lowest BCUT2D eigenvalue weighted by Gasteiger charge is -2.04. The zero-order valence-electron chi connectivity index (χ0n) is 11.4. The van der Waals surface area contributed by atoms with Gasteiger partial charge in [0.15, 0.2) is 5.82 Å². The maximum atomic E-state index is 9.49. The minimum Gasteiger partial charge on any atom is -0.508 e. The number of aromatic nitrogens is 5. The normalized spacial score (nSPS) is 10.9. The molecule has 2 heterocycles. The van der Waals surface area contributed by atoms with E-state index in [0.29, 0.717) is 5.82 Å². The van der Waals surface area contributed by atoms with E-state index in [1.54, 1.807) is 12.1 Å². The summed E-state index contributed by atoms with van der Waals surface area (Å²) in [4.78, 5) is 4.62. The molecular formula is C16H11N5O. The molecule has 4 aromatic rings. The number of tetrazole rings is 1. The Bertz CT molecular complexity index is 933. The Balaban J connectivity index is 1.73. The van der Waals surface area contributed by atoms with Crippen molar-refractivity contribution in [2.75, 3.05) is 0 Å². The average molecular weight is 289 g/mol. The van der Waals surface area contributed by atoms with Crippen molar-refractivity contribution in [1.29, 1.82) is 0 Å². The van der Waals surface area contributed by atoms with E-state index >= 15 is 0 Å². The third kappa shape index (κ3) is 2.16. The van der Waals surface area contributed by atoms with Crippen molar-refractivity contribution in [1.82, 2.24) is 25.6 Å². The molecule has 2 N–H and O–H groups in total. The number of pyridine rings is 1. The number of H-pyrrole nitrogens is 1. The summed E-state index contributed by atoms with van der Waals surface area (Å²) in [6.07, 6.45) is 0. The summed E-state index contributed by atoms with van der Waals surface area (Å²) in [7, 11) is 0. The average Bonchev–Trinajstić information content (AvgIpc) is 3.09. The number of nitrogens with one attached hydrogen (secondary N) is 1. The van der Waals surface area contributed by atoms with Gasteiger partial charge < -0.3 is 5.11 Å². The lowest BCUT2D eigenvalue weighted by molar-refractivity contribution is 0.476. The van der Waals surface area contributed by atoms with Gasteiger partial charge in [0.05, 0.1) is 11.2 Å². The van der Waals surface area contributed by atoms with E-state index in [2.05, 4.69) is 25.6 Å². The monoisotopic (exact) mass is 289 g/mol. The third-order valence-corrected chi connectivity index (χ3v) is 3.47. The highest BCUT2D eigenvalue weighted by molar-refractivity contribution is 5.83. The second kappa shape index (κ2) is 4.92. The van der Waals surface area contributed by atoms with Crippen molar-refractivity contribution in [2.24, 2.45) is 0 Å². The van der Waals surface area contributed by atoms with Crippen molar-refractivity contribution in [3.63, 3.8) is 0 Å². The van der Waals surface area contributed by atoms with Crippen molar-refractivity contribution >= 4 is 10.9 Å². The zero-order valence-corrected chi connectivity index (χ0v) is 11.4. The number of hydrogen-bond donors (Lipinski definition) is 2. The fraction of sp³-hybridized carbons (Fsp3) is 0. The lowest BCUT2D eigenvalue weighted by Crippen LogP contribution is -1.86. The van der Waals surface area contributed by atoms with Crippen LogP contribution in [0.1, 0.15) is 0 Å². The molecule has 0 aliphatic heterocycles. The van der Waals surface area contributed by atoms with Crippen LogP contribution in [0.2, 0.25) is 0 Å². The van der Waals surface area contributed by atoms with Crippen LogP contribution in [0.15, 0.2) is 54.6 Å². The van der Waals surface area contributed by atoms with E-state index < -0.39 is 0 Å². The van der Waals surface area contributed by atoms with Gasteiger partial charge in [-0.15, -0.1) is 5.10 Å². The number of aromatic amines is 1. The largest absolute Gasteiger partial charge is 0.508 e. The van der Waals surface area contributed by atoms with Crippen LogP contribution in [0.25, 0.3) is 33.5 Å². The Hall–Kier alpha value is -3.28. The van der Waals surface area contributed by atoms with Gasteiger partial charge in [-0.3, -0.25) is 0 Å². The number of benzene rings is 2. The fourth-order valence-corrected chi connectivity index (χ4v) is 2.35. The molecule has 0 saturated heterocycles. The Kier molecular flexibility index (Phi) is 2.79. The summed E-state index contributed by atoms with van der Waals surface area (Å²) < 4.78 is 0. The van der Waals surface area contributed by atoms with Gasteiger partial charge in [-0.1, -0.05) is 30.3 Å². The fourth-order valence-electron chi connectivity index (χ4n) is 2.35. The van der Waals surface area contributed by atoms with E-state index in [9.17, 15) is 5.11 Å². The van der Waals surface area contributed by atoms with E-state index in [0.717, 1.165) is 27.7 Å². The highest BCUT2D eigenvalue weighted by Crippen LogP contribution is 2.25. The first-order chi connectivity index (χ1) is 10.8. The van der Waals surface area contributed by atoms with Crippen molar-refractivity contribution in [2.45, 2.75) is 0 Å². The molecule has 2 aromatic heterocycles. The first-order valence-electron chi connectivity index (χ1n) is 6.74. The molecule has 0 spiro atoms. The molecule has 0 bridgehead atoms. The Morgan fingerprint density at radius 3 is 2.45 bits per heavy atom. The molecule has 106 valence electrons. The van der Waals surface area contributed by atoms with Crippen LogP contribution in [0.4, 0.5) is 0 Å². The second-order valence-corrected chi connectivity index (χ2v) is 4.90. The zero-order chi connectivity index (χ0) is 14.9. The van der Waals surface area contributed by atoms with Crippen molar-refractivity contribution in [3.8, 4) is 28.4 Å². The Morgan fingerprint density at radius 1 is 0.864 bits per heavy atom. The highest BCUT2D eigenvalue weighted by atomic mass is 16.3. The molecule has 2 aromatic carbocycles. The van der Waals surface area contributed by atoms with Crippen LogP contribution in [-0.4, -0.2) is 30.7 Å².